The topological polar surface area (TPSA) is 92.5 Å². The highest BCUT2D eigenvalue weighted by Crippen LogP contribution is 2.22. The first kappa shape index (κ1) is 18.6. The van der Waals surface area contributed by atoms with E-state index in [9.17, 15) is 10.2 Å². The largest absolute Gasteiger partial charge is 0.394 e. The third-order valence-corrected chi connectivity index (χ3v) is 4.38. The van der Waals surface area contributed by atoms with Gasteiger partial charge >= 0.3 is 0 Å². The molecule has 0 radical (unpaired) electrons. The van der Waals surface area contributed by atoms with Gasteiger partial charge in [0.15, 0.2) is 0 Å². The Bertz CT molecular complexity index is 603. The fourth-order valence-corrected chi connectivity index (χ4v) is 2.56. The van der Waals surface area contributed by atoms with Gasteiger partial charge < -0.3 is 20.5 Å². The van der Waals surface area contributed by atoms with Gasteiger partial charge in [0.25, 0.3) is 0 Å². The molecular formula is C19H28N2O3. The van der Waals surface area contributed by atoms with Crippen molar-refractivity contribution in [1.29, 1.82) is 0 Å². The lowest BCUT2D eigenvalue weighted by molar-refractivity contribution is 0.115. The van der Waals surface area contributed by atoms with Crippen molar-refractivity contribution in [2.45, 2.75) is 51.0 Å². The fourth-order valence-electron chi connectivity index (χ4n) is 2.56. The average molecular weight is 332 g/mol. The van der Waals surface area contributed by atoms with E-state index >= 15 is 0 Å². The maximum Gasteiger partial charge on any atom is 0.137 e. The summed E-state index contributed by atoms with van der Waals surface area (Å²) in [4.78, 5) is 0. The number of hydrogen-bond donors (Lipinski definition) is 3. The van der Waals surface area contributed by atoms with Crippen molar-refractivity contribution in [2.75, 3.05) is 13.2 Å². The Morgan fingerprint density at radius 2 is 1.79 bits per heavy atom. The van der Waals surface area contributed by atoms with Gasteiger partial charge in [0.05, 0.1) is 18.8 Å². The molecule has 4 N–H and O–H groups in total. The molecule has 0 saturated carbocycles. The van der Waals surface area contributed by atoms with Crippen LogP contribution in [0.5, 0.6) is 0 Å². The second-order valence-corrected chi connectivity index (χ2v) is 6.51. The number of aliphatic hydroxyl groups excluding tert-OH is 2. The summed E-state index contributed by atoms with van der Waals surface area (Å²) in [6.07, 6.45) is 5.69. The Labute approximate surface area is 143 Å². The van der Waals surface area contributed by atoms with Gasteiger partial charge in [-0.15, -0.1) is 0 Å². The van der Waals surface area contributed by atoms with Gasteiger partial charge in [0, 0.05) is 18.1 Å². The average Bonchev–Trinajstić information content (AvgIpc) is 3.09. The predicted molar refractivity (Wildman–Crippen MR) is 94.6 cm³/mol. The molecule has 24 heavy (non-hydrogen) atoms. The summed E-state index contributed by atoms with van der Waals surface area (Å²) >= 11 is 0. The van der Waals surface area contributed by atoms with E-state index in [0.717, 1.165) is 35.4 Å². The fraction of sp³-hybridized carbons (Fsp3) is 0.526. The molecule has 0 spiro atoms. The second-order valence-electron chi connectivity index (χ2n) is 6.51. The van der Waals surface area contributed by atoms with E-state index in [1.807, 2.05) is 30.3 Å². The molecule has 0 atom stereocenters. The third kappa shape index (κ3) is 5.16. The Hall–Kier alpha value is -1.69. The van der Waals surface area contributed by atoms with Crippen LogP contribution in [0.15, 0.2) is 34.9 Å². The van der Waals surface area contributed by atoms with Crippen LogP contribution in [0.3, 0.4) is 0 Å². The number of nitrogens with zero attached hydrogens (tertiary/aromatic N) is 1. The molecule has 0 aliphatic rings. The number of unbranched alkanes of at least 4 members (excludes halogenated alkanes) is 2. The summed E-state index contributed by atoms with van der Waals surface area (Å²) in [6, 6.07) is 10.1. The lowest BCUT2D eigenvalue weighted by Gasteiger charge is -2.24. The summed E-state index contributed by atoms with van der Waals surface area (Å²) in [6.45, 7) is 1.74. The monoisotopic (exact) mass is 332 g/mol. The molecule has 0 unspecified atom stereocenters. The van der Waals surface area contributed by atoms with Gasteiger partial charge in [0.2, 0.25) is 0 Å². The number of aromatic nitrogens is 1. The van der Waals surface area contributed by atoms with Gasteiger partial charge in [-0.05, 0) is 24.8 Å². The van der Waals surface area contributed by atoms with E-state index in [1.165, 1.54) is 12.8 Å². The minimum absolute atomic E-state index is 0.221. The molecule has 2 aromatic rings. The molecule has 0 saturated heterocycles. The number of hydrogen-bond acceptors (Lipinski definition) is 5. The van der Waals surface area contributed by atoms with Crippen LogP contribution in [0, 0.1) is 0 Å². The lowest BCUT2D eigenvalue weighted by atomic mass is 9.93. The molecule has 2 rings (SSSR count). The van der Waals surface area contributed by atoms with Crippen LogP contribution in [0.2, 0.25) is 0 Å². The molecule has 5 nitrogen and oxygen atoms in total. The van der Waals surface area contributed by atoms with Crippen LogP contribution in [-0.2, 0) is 12.8 Å². The Balaban J connectivity index is 1.94. The van der Waals surface area contributed by atoms with Crippen molar-refractivity contribution in [3.63, 3.8) is 0 Å². The molecule has 1 heterocycles. The van der Waals surface area contributed by atoms with E-state index in [4.69, 9.17) is 10.3 Å². The number of aliphatic hydroxyl groups is 2. The van der Waals surface area contributed by atoms with E-state index in [1.54, 1.807) is 0 Å². The van der Waals surface area contributed by atoms with Crippen molar-refractivity contribution in [3.8, 4) is 11.3 Å². The highest BCUT2D eigenvalue weighted by molar-refractivity contribution is 5.59. The first-order valence-corrected chi connectivity index (χ1v) is 8.66. The van der Waals surface area contributed by atoms with Gasteiger partial charge in [-0.3, -0.25) is 0 Å². The zero-order chi connectivity index (χ0) is 17.4. The van der Waals surface area contributed by atoms with Gasteiger partial charge in [-0.2, -0.15) is 0 Å². The van der Waals surface area contributed by atoms with E-state index in [2.05, 4.69) is 12.1 Å². The van der Waals surface area contributed by atoms with Crippen LogP contribution >= 0.6 is 0 Å². The summed E-state index contributed by atoms with van der Waals surface area (Å²) < 4.78 is 5.40. The van der Waals surface area contributed by atoms with Crippen molar-refractivity contribution < 1.29 is 14.7 Å². The highest BCUT2D eigenvalue weighted by atomic mass is 16.5. The minimum atomic E-state index is -0.918. The zero-order valence-corrected chi connectivity index (χ0v) is 14.4. The Kier molecular flexibility index (Phi) is 6.97. The Morgan fingerprint density at radius 1 is 1.08 bits per heavy atom. The highest BCUT2D eigenvalue weighted by Gasteiger charge is 2.22. The molecule has 0 bridgehead atoms. The number of nitrogens with two attached hydrogens (primary N) is 1. The van der Waals surface area contributed by atoms with E-state index in [0.29, 0.717) is 12.8 Å². The molecule has 0 aliphatic heterocycles. The van der Waals surface area contributed by atoms with Crippen molar-refractivity contribution in [1.82, 2.24) is 5.16 Å². The first-order valence-electron chi connectivity index (χ1n) is 8.66. The summed E-state index contributed by atoms with van der Waals surface area (Å²) in [7, 11) is 0. The molecule has 0 fully saturated rings. The smallest absolute Gasteiger partial charge is 0.137 e. The minimum Gasteiger partial charge on any atom is -0.394 e. The van der Waals surface area contributed by atoms with E-state index < -0.39 is 5.54 Å². The molecular weight excluding hydrogens is 304 g/mol. The van der Waals surface area contributed by atoms with Crippen LogP contribution in [-0.4, -0.2) is 34.1 Å². The van der Waals surface area contributed by atoms with Crippen molar-refractivity contribution in [3.05, 3.63) is 41.7 Å². The van der Waals surface area contributed by atoms with E-state index in [-0.39, 0.29) is 13.2 Å². The van der Waals surface area contributed by atoms with Crippen molar-refractivity contribution >= 4 is 0 Å². The lowest BCUT2D eigenvalue weighted by Crippen LogP contribution is -2.47. The molecule has 5 heteroatoms. The molecule has 1 aromatic heterocycles. The summed E-state index contributed by atoms with van der Waals surface area (Å²) in [5.41, 5.74) is 7.96. The van der Waals surface area contributed by atoms with Crippen LogP contribution in [0.4, 0.5) is 0 Å². The maximum atomic E-state index is 9.23. The number of benzene rings is 1. The number of rotatable bonds is 10. The van der Waals surface area contributed by atoms with Crippen molar-refractivity contribution in [2.24, 2.45) is 5.73 Å². The van der Waals surface area contributed by atoms with Gasteiger partial charge in [-0.1, -0.05) is 49.2 Å². The SMILES string of the molecule is CCCCCc1cc(-c2ccc(CCC(N)(CO)CO)cc2)no1. The summed E-state index contributed by atoms with van der Waals surface area (Å²) in [5.74, 6) is 0.932. The maximum absolute atomic E-state index is 9.23. The molecule has 132 valence electrons. The Morgan fingerprint density at radius 3 is 2.42 bits per heavy atom. The first-order chi connectivity index (χ1) is 11.6. The van der Waals surface area contributed by atoms with Crippen LogP contribution in [0.25, 0.3) is 11.3 Å². The van der Waals surface area contributed by atoms with Crippen LogP contribution in [0.1, 0.15) is 43.9 Å². The molecule has 0 aliphatic carbocycles. The standard InChI is InChI=1S/C19H28N2O3/c1-2-3-4-5-17-12-18(21-24-17)16-8-6-15(7-9-16)10-11-19(20,13-22)14-23/h6-9,12,22-23H,2-5,10-11,13-14,20H2,1H3. The number of aryl methyl sites for hydroxylation is 2. The van der Waals surface area contributed by atoms with Crippen LogP contribution < -0.4 is 5.73 Å². The summed E-state index contributed by atoms with van der Waals surface area (Å²) in [5, 5.41) is 22.6. The molecule has 1 aromatic carbocycles. The third-order valence-electron chi connectivity index (χ3n) is 4.38. The normalized spacial score (nSPS) is 11.8. The van der Waals surface area contributed by atoms with Gasteiger partial charge in [0.1, 0.15) is 11.5 Å². The predicted octanol–water partition coefficient (Wildman–Crippen LogP) is 2.69. The second kappa shape index (κ2) is 8.97. The zero-order valence-electron chi connectivity index (χ0n) is 14.4. The molecule has 0 amide bonds. The quantitative estimate of drug-likeness (QED) is 0.582. The van der Waals surface area contributed by atoms with Gasteiger partial charge in [-0.25, -0.2) is 0 Å².